The number of alkyl halides is 1. The van der Waals surface area contributed by atoms with Crippen molar-refractivity contribution < 1.29 is 0 Å². The van der Waals surface area contributed by atoms with Crippen LogP contribution in [0.2, 0.25) is 0 Å². The average molecular weight is 339 g/mol. The lowest BCUT2D eigenvalue weighted by Crippen LogP contribution is -2.47. The Labute approximate surface area is 129 Å². The summed E-state index contributed by atoms with van der Waals surface area (Å²) in [4.78, 5) is 3.62. The van der Waals surface area contributed by atoms with E-state index in [0.717, 1.165) is 17.8 Å². The lowest BCUT2D eigenvalue weighted by atomic mass is 9.48. The minimum absolute atomic E-state index is 0.590. The molecule has 5 rings (SSSR count). The van der Waals surface area contributed by atoms with Crippen LogP contribution in [0.1, 0.15) is 58.7 Å². The molecule has 1 atom stereocenters. The van der Waals surface area contributed by atoms with Gasteiger partial charge in [0, 0.05) is 14.6 Å². The van der Waals surface area contributed by atoms with Gasteiger partial charge in [-0.15, -0.1) is 11.3 Å². The molecule has 0 N–H and O–H groups in total. The number of halogens is 1. The Balaban J connectivity index is 1.69. The van der Waals surface area contributed by atoms with E-state index < -0.39 is 0 Å². The molecule has 19 heavy (non-hydrogen) atoms. The summed E-state index contributed by atoms with van der Waals surface area (Å²) in [6, 6.07) is 2.44. The van der Waals surface area contributed by atoms with E-state index in [4.69, 9.17) is 0 Å². The molecule has 4 fully saturated rings. The van der Waals surface area contributed by atoms with Crippen LogP contribution in [0.5, 0.6) is 0 Å². The topological polar surface area (TPSA) is 0 Å². The largest absolute Gasteiger partial charge is 0.146 e. The van der Waals surface area contributed by atoms with E-state index in [0.29, 0.717) is 10.2 Å². The van der Waals surface area contributed by atoms with Crippen LogP contribution in [-0.2, 0) is 0 Å². The average Bonchev–Trinajstić information content (AvgIpc) is 2.65. The summed E-state index contributed by atoms with van der Waals surface area (Å²) in [5, 5.41) is 0. The van der Waals surface area contributed by atoms with Crippen molar-refractivity contribution in [3.63, 3.8) is 0 Å². The van der Waals surface area contributed by atoms with Gasteiger partial charge in [0.1, 0.15) is 0 Å². The predicted octanol–water partition coefficient (Wildman–Crippen LogP) is 6.02. The fraction of sp³-hybridized carbons (Fsp3) is 0.765. The van der Waals surface area contributed by atoms with Crippen molar-refractivity contribution in [3.05, 3.63) is 21.4 Å². The van der Waals surface area contributed by atoms with Gasteiger partial charge < -0.3 is 0 Å². The molecule has 0 radical (unpaired) electrons. The van der Waals surface area contributed by atoms with E-state index in [-0.39, 0.29) is 0 Å². The Morgan fingerprint density at radius 3 is 2.05 bits per heavy atom. The zero-order valence-corrected chi connectivity index (χ0v) is 14.3. The van der Waals surface area contributed by atoms with Gasteiger partial charge in [-0.1, -0.05) is 15.9 Å². The van der Waals surface area contributed by atoms with Crippen LogP contribution in [-0.4, -0.2) is 0 Å². The lowest BCUT2D eigenvalue weighted by molar-refractivity contribution is -0.0528. The first kappa shape index (κ1) is 12.9. The molecular weight excluding hydrogens is 316 g/mol. The Morgan fingerprint density at radius 1 is 1.11 bits per heavy atom. The molecule has 0 aromatic carbocycles. The van der Waals surface area contributed by atoms with Gasteiger partial charge in [-0.05, 0) is 87.2 Å². The number of hydrogen-bond donors (Lipinski definition) is 0. The van der Waals surface area contributed by atoms with Crippen molar-refractivity contribution >= 4 is 27.3 Å². The molecule has 2 heteroatoms. The molecule has 4 bridgehead atoms. The second-order valence-electron chi connectivity index (χ2n) is 7.51. The van der Waals surface area contributed by atoms with Crippen molar-refractivity contribution in [1.82, 2.24) is 0 Å². The highest BCUT2D eigenvalue weighted by molar-refractivity contribution is 9.09. The first-order chi connectivity index (χ1) is 9.06. The van der Waals surface area contributed by atoms with Gasteiger partial charge in [-0.3, -0.25) is 0 Å². The molecule has 0 amide bonds. The van der Waals surface area contributed by atoms with E-state index in [9.17, 15) is 0 Å². The van der Waals surface area contributed by atoms with Crippen LogP contribution < -0.4 is 0 Å². The minimum atomic E-state index is 0.590. The Morgan fingerprint density at radius 2 is 1.63 bits per heavy atom. The second kappa shape index (κ2) is 4.34. The molecule has 0 spiro atoms. The van der Waals surface area contributed by atoms with Crippen LogP contribution in [0.3, 0.4) is 0 Å². The lowest BCUT2D eigenvalue weighted by Gasteiger charge is -2.58. The van der Waals surface area contributed by atoms with Gasteiger partial charge in [0.15, 0.2) is 0 Å². The normalized spacial score (nSPS) is 41.7. The molecule has 0 saturated heterocycles. The quantitative estimate of drug-likeness (QED) is 0.578. The van der Waals surface area contributed by atoms with Crippen LogP contribution in [0.4, 0.5) is 0 Å². The van der Waals surface area contributed by atoms with E-state index in [1.807, 2.05) is 11.3 Å². The maximum Gasteiger partial charge on any atom is 0.0462 e. The van der Waals surface area contributed by atoms with E-state index in [2.05, 4.69) is 35.8 Å². The monoisotopic (exact) mass is 338 g/mol. The Hall–Kier alpha value is 0.180. The molecule has 104 valence electrons. The standard InChI is InChI=1S/C17H23BrS/c1-10-3-15(11(2)19-10)16(18)17-7-12-4-13(8-17)6-14(5-12)9-17/h3,12-14,16H,4-9H2,1-2H3. The number of rotatable bonds is 2. The van der Waals surface area contributed by atoms with E-state index in [1.165, 1.54) is 29.0 Å². The number of thiophene rings is 1. The second-order valence-corrected chi connectivity index (χ2v) is 9.89. The fourth-order valence-electron chi connectivity index (χ4n) is 5.72. The third-order valence-electron chi connectivity index (χ3n) is 5.98. The smallest absolute Gasteiger partial charge is 0.0462 e. The fourth-order valence-corrected chi connectivity index (χ4v) is 7.87. The summed E-state index contributed by atoms with van der Waals surface area (Å²) in [6.07, 6.45) is 9.09. The van der Waals surface area contributed by atoms with Gasteiger partial charge in [-0.2, -0.15) is 0 Å². The Kier molecular flexibility index (Phi) is 2.94. The molecule has 1 unspecified atom stereocenters. The van der Waals surface area contributed by atoms with Crippen molar-refractivity contribution in [2.45, 2.75) is 57.2 Å². The zero-order valence-electron chi connectivity index (χ0n) is 11.9. The zero-order chi connectivity index (χ0) is 13.2. The summed E-state index contributed by atoms with van der Waals surface area (Å²) in [7, 11) is 0. The highest BCUT2D eigenvalue weighted by Crippen LogP contribution is 2.66. The van der Waals surface area contributed by atoms with Crippen LogP contribution >= 0.6 is 27.3 Å². The molecule has 0 nitrogen and oxygen atoms in total. The summed E-state index contributed by atoms with van der Waals surface area (Å²) >= 11 is 6.12. The minimum Gasteiger partial charge on any atom is -0.146 e. The van der Waals surface area contributed by atoms with Crippen LogP contribution in [0.25, 0.3) is 0 Å². The third kappa shape index (κ3) is 1.97. The van der Waals surface area contributed by atoms with Gasteiger partial charge in [-0.25, -0.2) is 0 Å². The van der Waals surface area contributed by atoms with E-state index in [1.54, 1.807) is 24.8 Å². The van der Waals surface area contributed by atoms with Gasteiger partial charge >= 0.3 is 0 Å². The van der Waals surface area contributed by atoms with Crippen LogP contribution in [0, 0.1) is 37.0 Å². The molecule has 0 aliphatic heterocycles. The predicted molar refractivity (Wildman–Crippen MR) is 86.1 cm³/mol. The molecule has 4 aliphatic carbocycles. The van der Waals surface area contributed by atoms with Crippen molar-refractivity contribution in [1.29, 1.82) is 0 Å². The number of hydrogen-bond acceptors (Lipinski definition) is 1. The summed E-state index contributed by atoms with van der Waals surface area (Å²) < 4.78 is 0. The molecule has 4 saturated carbocycles. The third-order valence-corrected chi connectivity index (χ3v) is 8.42. The van der Waals surface area contributed by atoms with E-state index >= 15 is 0 Å². The first-order valence-corrected chi connectivity index (χ1v) is 9.50. The maximum absolute atomic E-state index is 4.15. The molecule has 1 aromatic rings. The molecular formula is C17H23BrS. The SMILES string of the molecule is Cc1cc(C(Br)C23CC4CC(CC(C4)C2)C3)c(C)s1. The first-order valence-electron chi connectivity index (χ1n) is 7.77. The molecule has 4 aliphatic rings. The van der Waals surface area contributed by atoms with Crippen molar-refractivity contribution in [2.75, 3.05) is 0 Å². The van der Waals surface area contributed by atoms with Crippen molar-refractivity contribution in [3.8, 4) is 0 Å². The maximum atomic E-state index is 4.15. The van der Waals surface area contributed by atoms with Gasteiger partial charge in [0.05, 0.1) is 0 Å². The summed E-state index contributed by atoms with van der Waals surface area (Å²) in [6.45, 7) is 4.56. The van der Waals surface area contributed by atoms with Gasteiger partial charge in [0.2, 0.25) is 0 Å². The number of aryl methyl sites for hydroxylation is 2. The highest BCUT2D eigenvalue weighted by atomic mass is 79.9. The Bertz CT molecular complexity index is 466. The molecule has 1 heterocycles. The van der Waals surface area contributed by atoms with Gasteiger partial charge in [0.25, 0.3) is 0 Å². The van der Waals surface area contributed by atoms with Crippen LogP contribution in [0.15, 0.2) is 6.07 Å². The summed E-state index contributed by atoms with van der Waals surface area (Å²) in [5.41, 5.74) is 2.19. The molecule has 1 aromatic heterocycles. The summed E-state index contributed by atoms with van der Waals surface area (Å²) in [5.74, 6) is 3.14. The highest BCUT2D eigenvalue weighted by Gasteiger charge is 2.54. The van der Waals surface area contributed by atoms with Crippen molar-refractivity contribution in [2.24, 2.45) is 23.2 Å².